The standard InChI is InChI=1S/C20H43NO5/c1-2-3-4-5-6-7-8-9-10-11-12-21-26-20-19-25-18-17-24-16-15-23-14-13-22/h21-22H,2-20H2,1H3. The molecule has 2 N–H and O–H groups in total. The summed E-state index contributed by atoms with van der Waals surface area (Å²) in [5, 5.41) is 8.53. The Kier molecular flexibility index (Phi) is 24.5. The van der Waals surface area contributed by atoms with Crippen LogP contribution in [0.3, 0.4) is 0 Å². The molecule has 26 heavy (non-hydrogen) atoms. The van der Waals surface area contributed by atoms with Gasteiger partial charge in [0.2, 0.25) is 0 Å². The van der Waals surface area contributed by atoms with Gasteiger partial charge in [0.05, 0.1) is 52.9 Å². The molecule has 6 heteroatoms. The Bertz CT molecular complexity index is 220. The molecule has 0 heterocycles. The normalized spacial score (nSPS) is 11.3. The number of hydrogen-bond donors (Lipinski definition) is 2. The summed E-state index contributed by atoms with van der Waals surface area (Å²) < 4.78 is 15.8. The Hall–Kier alpha value is -0.240. The molecule has 0 amide bonds. The van der Waals surface area contributed by atoms with Crippen molar-refractivity contribution in [1.29, 1.82) is 0 Å². The smallest absolute Gasteiger partial charge is 0.0916 e. The number of nitrogens with one attached hydrogen (secondary N) is 1. The quantitative estimate of drug-likeness (QED) is 0.210. The molecular weight excluding hydrogens is 334 g/mol. The monoisotopic (exact) mass is 377 g/mol. The molecule has 0 unspecified atom stereocenters. The molecule has 0 rings (SSSR count). The molecule has 0 bridgehead atoms. The van der Waals surface area contributed by atoms with Crippen molar-refractivity contribution in [2.45, 2.75) is 71.1 Å². The van der Waals surface area contributed by atoms with E-state index in [-0.39, 0.29) is 6.61 Å². The maximum absolute atomic E-state index is 8.53. The lowest BCUT2D eigenvalue weighted by Gasteiger charge is -2.08. The van der Waals surface area contributed by atoms with E-state index in [1.807, 2.05) is 0 Å². The van der Waals surface area contributed by atoms with Gasteiger partial charge in [-0.3, -0.25) is 4.84 Å². The molecule has 0 aromatic rings. The molecule has 6 nitrogen and oxygen atoms in total. The van der Waals surface area contributed by atoms with E-state index in [2.05, 4.69) is 12.4 Å². The summed E-state index contributed by atoms with van der Waals surface area (Å²) in [7, 11) is 0. The van der Waals surface area contributed by atoms with E-state index in [0.29, 0.717) is 46.2 Å². The average Bonchev–Trinajstić information content (AvgIpc) is 2.66. The largest absolute Gasteiger partial charge is 0.394 e. The topological polar surface area (TPSA) is 69.2 Å². The molecule has 0 fully saturated rings. The molecule has 0 atom stereocenters. The van der Waals surface area contributed by atoms with Gasteiger partial charge in [-0.2, -0.15) is 0 Å². The second-order valence-corrected chi connectivity index (χ2v) is 6.49. The van der Waals surface area contributed by atoms with Crippen molar-refractivity contribution in [3.05, 3.63) is 0 Å². The van der Waals surface area contributed by atoms with Gasteiger partial charge in [-0.05, 0) is 6.42 Å². The Morgan fingerprint density at radius 2 is 1.04 bits per heavy atom. The van der Waals surface area contributed by atoms with Crippen molar-refractivity contribution in [2.75, 3.05) is 59.4 Å². The highest BCUT2D eigenvalue weighted by Crippen LogP contribution is 2.10. The maximum atomic E-state index is 8.53. The molecule has 0 spiro atoms. The average molecular weight is 378 g/mol. The predicted octanol–water partition coefficient (Wildman–Crippen LogP) is 3.47. The van der Waals surface area contributed by atoms with Crippen LogP contribution in [0, 0.1) is 0 Å². The first-order chi connectivity index (χ1) is 12.9. The molecule has 0 aromatic carbocycles. The van der Waals surface area contributed by atoms with Crippen LogP contribution in [0.1, 0.15) is 71.1 Å². The lowest BCUT2D eigenvalue weighted by atomic mass is 10.1. The number of rotatable bonds is 23. The van der Waals surface area contributed by atoms with E-state index in [4.69, 9.17) is 24.2 Å². The molecular formula is C20H43NO5. The number of hydrogen-bond acceptors (Lipinski definition) is 6. The van der Waals surface area contributed by atoms with E-state index in [1.165, 1.54) is 64.2 Å². The Morgan fingerprint density at radius 1 is 0.577 bits per heavy atom. The third-order valence-corrected chi connectivity index (χ3v) is 4.04. The van der Waals surface area contributed by atoms with E-state index in [9.17, 15) is 0 Å². The lowest BCUT2D eigenvalue weighted by molar-refractivity contribution is -0.0258. The van der Waals surface area contributed by atoms with Crippen LogP contribution in [0.25, 0.3) is 0 Å². The van der Waals surface area contributed by atoms with Crippen LogP contribution >= 0.6 is 0 Å². The van der Waals surface area contributed by atoms with Crippen molar-refractivity contribution in [2.24, 2.45) is 0 Å². The van der Waals surface area contributed by atoms with Crippen LogP contribution < -0.4 is 5.48 Å². The van der Waals surface area contributed by atoms with Gasteiger partial charge in [-0.15, -0.1) is 0 Å². The fourth-order valence-electron chi connectivity index (χ4n) is 2.54. The summed E-state index contributed by atoms with van der Waals surface area (Å²) in [6.45, 7) is 6.85. The van der Waals surface area contributed by atoms with Crippen molar-refractivity contribution in [3.8, 4) is 0 Å². The third kappa shape index (κ3) is 23.8. The zero-order valence-corrected chi connectivity index (χ0v) is 17.0. The van der Waals surface area contributed by atoms with Gasteiger partial charge in [0.15, 0.2) is 0 Å². The fourth-order valence-corrected chi connectivity index (χ4v) is 2.54. The van der Waals surface area contributed by atoms with Gasteiger partial charge in [-0.1, -0.05) is 64.7 Å². The minimum Gasteiger partial charge on any atom is -0.394 e. The maximum Gasteiger partial charge on any atom is 0.0916 e. The number of hydroxylamine groups is 1. The van der Waals surface area contributed by atoms with Crippen molar-refractivity contribution < 1.29 is 24.2 Å². The van der Waals surface area contributed by atoms with Crippen LogP contribution in [-0.4, -0.2) is 64.5 Å². The van der Waals surface area contributed by atoms with E-state index < -0.39 is 0 Å². The van der Waals surface area contributed by atoms with Gasteiger partial charge in [-0.25, -0.2) is 5.48 Å². The summed E-state index contributed by atoms with van der Waals surface area (Å²) in [5.74, 6) is 0. The van der Waals surface area contributed by atoms with Gasteiger partial charge in [0, 0.05) is 6.54 Å². The highest BCUT2D eigenvalue weighted by molar-refractivity contribution is 4.48. The van der Waals surface area contributed by atoms with Crippen molar-refractivity contribution >= 4 is 0 Å². The summed E-state index contributed by atoms with van der Waals surface area (Å²) in [4.78, 5) is 5.33. The molecule has 0 aliphatic carbocycles. The first kappa shape index (κ1) is 25.8. The second kappa shape index (κ2) is 24.8. The predicted molar refractivity (Wildman–Crippen MR) is 105 cm³/mol. The lowest BCUT2D eigenvalue weighted by Crippen LogP contribution is -2.20. The Labute approximate surface area is 160 Å². The zero-order valence-electron chi connectivity index (χ0n) is 17.0. The summed E-state index contributed by atoms with van der Waals surface area (Å²) in [5.41, 5.74) is 2.99. The molecule has 0 saturated carbocycles. The van der Waals surface area contributed by atoms with Crippen LogP contribution in [0.4, 0.5) is 0 Å². The van der Waals surface area contributed by atoms with Crippen LogP contribution in [0.15, 0.2) is 0 Å². The zero-order chi connectivity index (χ0) is 19.0. The molecule has 0 radical (unpaired) electrons. The van der Waals surface area contributed by atoms with E-state index in [0.717, 1.165) is 6.54 Å². The van der Waals surface area contributed by atoms with Crippen LogP contribution in [0.2, 0.25) is 0 Å². The second-order valence-electron chi connectivity index (χ2n) is 6.49. The number of ether oxygens (including phenoxy) is 3. The fraction of sp³-hybridized carbons (Fsp3) is 1.00. The minimum atomic E-state index is 0.0519. The minimum absolute atomic E-state index is 0.0519. The summed E-state index contributed by atoms with van der Waals surface area (Å²) in [6, 6.07) is 0. The number of unbranched alkanes of at least 4 members (excludes halogenated alkanes) is 9. The molecule has 0 aromatic heterocycles. The molecule has 0 aliphatic heterocycles. The van der Waals surface area contributed by atoms with Gasteiger partial charge >= 0.3 is 0 Å². The van der Waals surface area contributed by atoms with Crippen LogP contribution in [0.5, 0.6) is 0 Å². The van der Waals surface area contributed by atoms with E-state index in [1.54, 1.807) is 0 Å². The molecule has 0 aliphatic rings. The summed E-state index contributed by atoms with van der Waals surface area (Å²) >= 11 is 0. The Balaban J connectivity index is 2.95. The van der Waals surface area contributed by atoms with E-state index >= 15 is 0 Å². The number of aliphatic hydroxyl groups excluding tert-OH is 1. The van der Waals surface area contributed by atoms with Crippen molar-refractivity contribution in [3.63, 3.8) is 0 Å². The number of aliphatic hydroxyl groups is 1. The first-order valence-electron chi connectivity index (χ1n) is 10.6. The van der Waals surface area contributed by atoms with Gasteiger partial charge < -0.3 is 19.3 Å². The Morgan fingerprint density at radius 3 is 1.58 bits per heavy atom. The van der Waals surface area contributed by atoms with Crippen LogP contribution in [-0.2, 0) is 19.0 Å². The molecule has 158 valence electrons. The highest BCUT2D eigenvalue weighted by atomic mass is 16.7. The SMILES string of the molecule is CCCCCCCCCCCCNOCCOCCOCCOCCO. The molecule has 0 saturated heterocycles. The van der Waals surface area contributed by atoms with Crippen molar-refractivity contribution in [1.82, 2.24) is 5.48 Å². The third-order valence-electron chi connectivity index (χ3n) is 4.04. The van der Waals surface area contributed by atoms with Gasteiger partial charge in [0.1, 0.15) is 0 Å². The van der Waals surface area contributed by atoms with Gasteiger partial charge in [0.25, 0.3) is 0 Å². The summed E-state index contributed by atoms with van der Waals surface area (Å²) in [6.07, 6.45) is 13.5. The highest BCUT2D eigenvalue weighted by Gasteiger charge is 1.94. The first-order valence-corrected chi connectivity index (χ1v) is 10.6.